The predicted molar refractivity (Wildman–Crippen MR) is 126 cm³/mol. The van der Waals surface area contributed by atoms with Crippen LogP contribution in [0.5, 0.6) is 5.75 Å². The largest absolute Gasteiger partial charge is 0.497 e. The van der Waals surface area contributed by atoms with Crippen LogP contribution in [0.2, 0.25) is 0 Å². The average molecular weight is 408 g/mol. The Morgan fingerprint density at radius 2 is 1.65 bits per heavy atom. The molecule has 2 heteroatoms. The van der Waals surface area contributed by atoms with Crippen molar-refractivity contribution in [3.05, 3.63) is 107 Å². The standard InChI is InChI=1S/C29H29NO/c1-31-24-13-11-22(12-14-24)27-17-23-18-29(28(27)26-10-6-5-9-25(23)26)15-16-30(20-29)19-21-7-3-2-4-8-21/h2-14,17,23,28H,15-16,18-20H2,1H3/t23-,28+,29+/m0/s1. The van der Waals surface area contributed by atoms with Gasteiger partial charge in [-0.2, -0.15) is 0 Å². The SMILES string of the molecule is COc1ccc(C2=C[C@H]3C[C@@]4(CCN(Cc5ccccc5)C4)[C@@H]2c2ccccc23)cc1. The van der Waals surface area contributed by atoms with Gasteiger partial charge in [0, 0.05) is 24.9 Å². The Morgan fingerprint density at radius 1 is 0.903 bits per heavy atom. The molecule has 0 amide bonds. The number of hydrogen-bond acceptors (Lipinski definition) is 2. The fraction of sp³-hybridized carbons (Fsp3) is 0.310. The monoisotopic (exact) mass is 407 g/mol. The van der Waals surface area contributed by atoms with Gasteiger partial charge in [-0.05, 0) is 64.8 Å². The fourth-order valence-electron chi connectivity index (χ4n) is 6.48. The first-order valence-electron chi connectivity index (χ1n) is 11.5. The second-order valence-corrected chi connectivity index (χ2v) is 9.53. The van der Waals surface area contributed by atoms with Gasteiger partial charge in [0.2, 0.25) is 0 Å². The highest BCUT2D eigenvalue weighted by Crippen LogP contribution is 2.63. The summed E-state index contributed by atoms with van der Waals surface area (Å²) in [6, 6.07) is 28.8. The van der Waals surface area contributed by atoms with Gasteiger partial charge in [0.15, 0.2) is 0 Å². The van der Waals surface area contributed by atoms with Crippen LogP contribution < -0.4 is 4.74 Å². The minimum atomic E-state index is 0.331. The Bertz CT molecular complexity index is 1120. The summed E-state index contributed by atoms with van der Waals surface area (Å²) >= 11 is 0. The van der Waals surface area contributed by atoms with Crippen LogP contribution in [0.4, 0.5) is 0 Å². The normalized spacial score (nSPS) is 26.7. The summed E-state index contributed by atoms with van der Waals surface area (Å²) in [6.45, 7) is 3.43. The van der Waals surface area contributed by atoms with Crippen LogP contribution in [-0.2, 0) is 6.54 Å². The molecule has 2 nitrogen and oxygen atoms in total. The zero-order valence-corrected chi connectivity index (χ0v) is 18.1. The number of hydrogen-bond donors (Lipinski definition) is 0. The maximum atomic E-state index is 5.41. The van der Waals surface area contributed by atoms with Crippen molar-refractivity contribution in [3.63, 3.8) is 0 Å². The number of benzene rings is 3. The van der Waals surface area contributed by atoms with Gasteiger partial charge in [0.05, 0.1) is 7.11 Å². The lowest BCUT2D eigenvalue weighted by molar-refractivity contribution is 0.191. The number of rotatable bonds is 4. The molecule has 3 atom stereocenters. The third kappa shape index (κ3) is 3.13. The molecule has 0 aromatic heterocycles. The van der Waals surface area contributed by atoms with E-state index in [1.54, 1.807) is 18.2 Å². The average Bonchev–Trinajstić information content (AvgIpc) is 3.21. The first-order chi connectivity index (χ1) is 15.3. The lowest BCUT2D eigenvalue weighted by atomic mass is 9.53. The van der Waals surface area contributed by atoms with Crippen molar-refractivity contribution < 1.29 is 4.74 Å². The Kier molecular flexibility index (Phi) is 4.50. The van der Waals surface area contributed by atoms with Gasteiger partial charge < -0.3 is 4.74 Å². The smallest absolute Gasteiger partial charge is 0.118 e. The van der Waals surface area contributed by atoms with E-state index >= 15 is 0 Å². The highest BCUT2D eigenvalue weighted by molar-refractivity contribution is 5.78. The van der Waals surface area contributed by atoms with Crippen molar-refractivity contribution in [2.75, 3.05) is 20.2 Å². The molecule has 0 saturated carbocycles. The lowest BCUT2D eigenvalue weighted by Crippen LogP contribution is -2.41. The molecule has 1 spiro atoms. The van der Waals surface area contributed by atoms with Gasteiger partial charge in [-0.3, -0.25) is 4.90 Å². The quantitative estimate of drug-likeness (QED) is 0.506. The zero-order chi connectivity index (χ0) is 20.8. The van der Waals surface area contributed by atoms with Crippen LogP contribution in [0.1, 0.15) is 46.9 Å². The molecule has 31 heavy (non-hydrogen) atoms. The molecule has 156 valence electrons. The Balaban J connectivity index is 1.37. The van der Waals surface area contributed by atoms with Crippen molar-refractivity contribution in [2.24, 2.45) is 5.41 Å². The lowest BCUT2D eigenvalue weighted by Gasteiger charge is -2.51. The summed E-state index contributed by atoms with van der Waals surface area (Å²) in [7, 11) is 1.74. The van der Waals surface area contributed by atoms with E-state index in [2.05, 4.69) is 89.8 Å². The molecular weight excluding hydrogens is 378 g/mol. The molecule has 0 radical (unpaired) electrons. The number of allylic oxidation sites excluding steroid dienone is 2. The molecule has 1 heterocycles. The minimum Gasteiger partial charge on any atom is -0.497 e. The second-order valence-electron chi connectivity index (χ2n) is 9.53. The van der Waals surface area contributed by atoms with Gasteiger partial charge in [-0.1, -0.05) is 72.8 Å². The van der Waals surface area contributed by atoms with Crippen LogP contribution >= 0.6 is 0 Å². The van der Waals surface area contributed by atoms with Crippen molar-refractivity contribution in [3.8, 4) is 5.75 Å². The fourth-order valence-corrected chi connectivity index (χ4v) is 6.48. The molecule has 0 N–H and O–H groups in total. The first kappa shape index (κ1) is 18.9. The summed E-state index contributed by atoms with van der Waals surface area (Å²) in [5, 5.41) is 0. The Hall–Kier alpha value is -2.84. The second kappa shape index (κ2) is 7.39. The van der Waals surface area contributed by atoms with Gasteiger partial charge in [-0.25, -0.2) is 0 Å². The third-order valence-electron chi connectivity index (χ3n) is 7.77. The van der Waals surface area contributed by atoms with Crippen LogP contribution in [0, 0.1) is 5.41 Å². The van der Waals surface area contributed by atoms with Crippen molar-refractivity contribution in [2.45, 2.75) is 31.2 Å². The molecule has 1 saturated heterocycles. The van der Waals surface area contributed by atoms with Gasteiger partial charge >= 0.3 is 0 Å². The Labute approximate surface area is 185 Å². The summed E-state index contributed by atoms with van der Waals surface area (Å²) in [5.41, 5.74) is 7.75. The topological polar surface area (TPSA) is 12.5 Å². The van der Waals surface area contributed by atoms with Crippen LogP contribution in [-0.4, -0.2) is 25.1 Å². The number of methoxy groups -OCH3 is 1. The van der Waals surface area contributed by atoms with E-state index < -0.39 is 0 Å². The van der Waals surface area contributed by atoms with E-state index in [4.69, 9.17) is 4.74 Å². The van der Waals surface area contributed by atoms with E-state index in [1.807, 2.05) is 0 Å². The zero-order valence-electron chi connectivity index (χ0n) is 18.1. The van der Waals surface area contributed by atoms with E-state index in [0.29, 0.717) is 17.3 Å². The molecule has 2 bridgehead atoms. The van der Waals surface area contributed by atoms with Crippen molar-refractivity contribution >= 4 is 5.57 Å². The number of ether oxygens (including phenoxy) is 1. The number of likely N-dealkylation sites (tertiary alicyclic amines) is 1. The molecule has 0 unspecified atom stereocenters. The van der Waals surface area contributed by atoms with E-state index in [-0.39, 0.29) is 0 Å². The summed E-state index contributed by atoms with van der Waals surface area (Å²) in [4.78, 5) is 2.68. The summed E-state index contributed by atoms with van der Waals surface area (Å²) in [6.07, 6.45) is 5.13. The maximum absolute atomic E-state index is 5.41. The highest BCUT2D eigenvalue weighted by Gasteiger charge is 2.53. The highest BCUT2D eigenvalue weighted by atomic mass is 16.5. The third-order valence-corrected chi connectivity index (χ3v) is 7.77. The van der Waals surface area contributed by atoms with Crippen molar-refractivity contribution in [1.82, 2.24) is 4.90 Å². The van der Waals surface area contributed by atoms with E-state index in [0.717, 1.165) is 12.3 Å². The van der Waals surface area contributed by atoms with Crippen molar-refractivity contribution in [1.29, 1.82) is 0 Å². The summed E-state index contributed by atoms with van der Waals surface area (Å²) < 4.78 is 5.41. The van der Waals surface area contributed by atoms with Gasteiger partial charge in [0.1, 0.15) is 5.75 Å². The number of nitrogens with zero attached hydrogens (tertiary/aromatic N) is 1. The molecule has 3 aromatic rings. The molecule has 3 aliphatic carbocycles. The van der Waals surface area contributed by atoms with Gasteiger partial charge in [-0.15, -0.1) is 0 Å². The Morgan fingerprint density at radius 3 is 2.42 bits per heavy atom. The van der Waals surface area contributed by atoms with Crippen LogP contribution in [0.15, 0.2) is 84.9 Å². The van der Waals surface area contributed by atoms with E-state index in [1.165, 1.54) is 42.6 Å². The minimum absolute atomic E-state index is 0.331. The van der Waals surface area contributed by atoms with Gasteiger partial charge in [0.25, 0.3) is 0 Å². The molecule has 4 aliphatic rings. The molecular formula is C29H29NO. The van der Waals surface area contributed by atoms with E-state index in [9.17, 15) is 0 Å². The molecule has 3 aromatic carbocycles. The molecule has 1 aliphatic heterocycles. The summed E-state index contributed by atoms with van der Waals surface area (Å²) in [5.74, 6) is 1.92. The molecule has 1 fully saturated rings. The van der Waals surface area contributed by atoms with Crippen LogP contribution in [0.25, 0.3) is 5.57 Å². The first-order valence-corrected chi connectivity index (χ1v) is 11.5. The predicted octanol–water partition coefficient (Wildman–Crippen LogP) is 6.26. The molecule has 7 rings (SSSR count). The van der Waals surface area contributed by atoms with Crippen LogP contribution in [0.3, 0.4) is 0 Å². The maximum Gasteiger partial charge on any atom is 0.118 e.